The van der Waals surface area contributed by atoms with Crippen LogP contribution in [0.25, 0.3) is 22.3 Å². The fraction of sp³-hybridized carbons (Fsp3) is 0.167. The van der Waals surface area contributed by atoms with Gasteiger partial charge in [-0.3, -0.25) is 0 Å². The zero-order valence-corrected chi connectivity index (χ0v) is 12.2. The number of rotatable bonds is 4. The molecule has 0 aliphatic heterocycles. The van der Waals surface area contributed by atoms with E-state index in [1.54, 1.807) is 6.92 Å². The van der Waals surface area contributed by atoms with Crippen molar-refractivity contribution in [2.75, 3.05) is 6.61 Å². The Kier molecular flexibility index (Phi) is 3.94. The number of carbonyl (C=O) groups is 1. The number of hydrogen-bond donors (Lipinski definition) is 1. The van der Waals surface area contributed by atoms with Crippen molar-refractivity contribution in [1.29, 1.82) is 0 Å². The summed E-state index contributed by atoms with van der Waals surface area (Å²) in [4.78, 5) is 12.0. The molecule has 1 N–H and O–H groups in total. The number of fused-ring (bicyclic) bond motifs is 1. The van der Waals surface area contributed by atoms with Crippen molar-refractivity contribution in [3.63, 3.8) is 0 Å². The van der Waals surface area contributed by atoms with Crippen LogP contribution < -0.4 is 0 Å². The zero-order chi connectivity index (χ0) is 15.5. The van der Waals surface area contributed by atoms with Gasteiger partial charge in [0.25, 0.3) is 0 Å². The van der Waals surface area contributed by atoms with Gasteiger partial charge in [0.1, 0.15) is 11.3 Å². The van der Waals surface area contributed by atoms with Crippen LogP contribution in [-0.2, 0) is 9.53 Å². The summed E-state index contributed by atoms with van der Waals surface area (Å²) >= 11 is 0. The molecule has 3 aromatic rings. The molecule has 0 saturated carbocycles. The van der Waals surface area contributed by atoms with E-state index >= 15 is 0 Å². The molecule has 0 aliphatic rings. The number of aliphatic hydroxyl groups excluding tert-OH is 1. The minimum atomic E-state index is -1.38. The van der Waals surface area contributed by atoms with Crippen LogP contribution in [0, 0.1) is 0 Å². The molecule has 1 heterocycles. The smallest absolute Gasteiger partial charge is 0.339 e. The van der Waals surface area contributed by atoms with E-state index in [9.17, 15) is 9.90 Å². The van der Waals surface area contributed by atoms with Gasteiger partial charge in [0.05, 0.1) is 6.61 Å². The third-order valence-corrected chi connectivity index (χ3v) is 3.45. The van der Waals surface area contributed by atoms with Crippen LogP contribution in [0.15, 0.2) is 59.0 Å². The lowest BCUT2D eigenvalue weighted by molar-refractivity contribution is -0.153. The van der Waals surface area contributed by atoms with Crippen LogP contribution in [0.3, 0.4) is 0 Å². The highest BCUT2D eigenvalue weighted by Gasteiger charge is 2.28. The number of carbonyl (C=O) groups excluding carboxylic acids is 1. The maximum atomic E-state index is 12.0. The average molecular weight is 296 g/mol. The molecular weight excluding hydrogens is 280 g/mol. The van der Waals surface area contributed by atoms with Gasteiger partial charge in [-0.15, -0.1) is 0 Å². The van der Waals surface area contributed by atoms with Crippen LogP contribution in [-0.4, -0.2) is 17.7 Å². The predicted molar refractivity (Wildman–Crippen MR) is 83.2 cm³/mol. The predicted octanol–water partition coefficient (Wildman–Crippen LogP) is 3.70. The first-order valence-electron chi connectivity index (χ1n) is 7.14. The standard InChI is InChI=1S/C18H16O4/c1-2-21-18(20)16(19)15-13-10-6-7-11-14(13)22-17(15)12-8-4-3-5-9-12/h3-11,16,19H,2H2,1H3. The molecule has 1 unspecified atom stereocenters. The van der Waals surface area contributed by atoms with Gasteiger partial charge in [0.2, 0.25) is 0 Å². The van der Waals surface area contributed by atoms with Crippen LogP contribution in [0.1, 0.15) is 18.6 Å². The van der Waals surface area contributed by atoms with E-state index in [0.29, 0.717) is 22.3 Å². The Bertz CT molecular complexity index is 789. The third kappa shape index (κ3) is 2.49. The highest BCUT2D eigenvalue weighted by molar-refractivity contribution is 5.93. The number of esters is 1. The van der Waals surface area contributed by atoms with Crippen molar-refractivity contribution in [3.8, 4) is 11.3 Å². The molecule has 4 nitrogen and oxygen atoms in total. The molecule has 0 fully saturated rings. The first kappa shape index (κ1) is 14.4. The molecule has 112 valence electrons. The van der Waals surface area contributed by atoms with E-state index in [4.69, 9.17) is 9.15 Å². The lowest BCUT2D eigenvalue weighted by atomic mass is 10.0. The molecule has 0 amide bonds. The van der Waals surface area contributed by atoms with Crippen LogP contribution in [0.5, 0.6) is 0 Å². The topological polar surface area (TPSA) is 59.7 Å². The monoisotopic (exact) mass is 296 g/mol. The van der Waals surface area contributed by atoms with E-state index < -0.39 is 12.1 Å². The normalized spacial score (nSPS) is 12.3. The van der Waals surface area contributed by atoms with Crippen molar-refractivity contribution in [3.05, 3.63) is 60.2 Å². The van der Waals surface area contributed by atoms with Crippen molar-refractivity contribution >= 4 is 16.9 Å². The van der Waals surface area contributed by atoms with Crippen LogP contribution in [0.4, 0.5) is 0 Å². The first-order chi connectivity index (χ1) is 10.7. The van der Waals surface area contributed by atoms with Gasteiger partial charge in [-0.1, -0.05) is 48.5 Å². The van der Waals surface area contributed by atoms with E-state index in [1.165, 1.54) is 0 Å². The second-order valence-corrected chi connectivity index (χ2v) is 4.86. The SMILES string of the molecule is CCOC(=O)C(O)c1c(-c2ccccc2)oc2ccccc12. The molecule has 4 heteroatoms. The van der Waals surface area contributed by atoms with Gasteiger partial charge < -0.3 is 14.3 Å². The Morgan fingerprint density at radius 1 is 1.14 bits per heavy atom. The number of para-hydroxylation sites is 1. The largest absolute Gasteiger partial charge is 0.464 e. The molecule has 1 aromatic heterocycles. The number of hydrogen-bond acceptors (Lipinski definition) is 4. The number of benzene rings is 2. The van der Waals surface area contributed by atoms with Crippen molar-refractivity contribution < 1.29 is 19.1 Å². The zero-order valence-electron chi connectivity index (χ0n) is 12.2. The number of aliphatic hydroxyl groups is 1. The second kappa shape index (κ2) is 6.03. The Labute approximate surface area is 127 Å². The molecule has 22 heavy (non-hydrogen) atoms. The Balaban J connectivity index is 2.20. The Morgan fingerprint density at radius 3 is 2.55 bits per heavy atom. The number of furan rings is 1. The van der Waals surface area contributed by atoms with Gasteiger partial charge in [0.15, 0.2) is 6.10 Å². The summed E-state index contributed by atoms with van der Waals surface area (Å²) < 4.78 is 10.8. The fourth-order valence-corrected chi connectivity index (χ4v) is 2.48. The summed E-state index contributed by atoms with van der Waals surface area (Å²) in [6, 6.07) is 16.7. The van der Waals surface area contributed by atoms with Gasteiger partial charge in [-0.2, -0.15) is 0 Å². The molecule has 2 aromatic carbocycles. The van der Waals surface area contributed by atoms with E-state index in [-0.39, 0.29) is 6.61 Å². The molecule has 3 rings (SSSR count). The molecule has 0 aliphatic carbocycles. The quantitative estimate of drug-likeness (QED) is 0.746. The van der Waals surface area contributed by atoms with Gasteiger partial charge in [0, 0.05) is 16.5 Å². The molecule has 0 saturated heterocycles. The summed E-state index contributed by atoms with van der Waals surface area (Å²) in [6.45, 7) is 1.92. The van der Waals surface area contributed by atoms with E-state index in [0.717, 1.165) is 5.56 Å². The summed E-state index contributed by atoms with van der Waals surface area (Å²) in [6.07, 6.45) is -1.38. The molecule has 0 spiro atoms. The van der Waals surface area contributed by atoms with Crippen molar-refractivity contribution in [2.24, 2.45) is 0 Å². The number of ether oxygens (including phenoxy) is 1. The summed E-state index contributed by atoms with van der Waals surface area (Å²) in [5.74, 6) is -0.186. The lowest BCUT2D eigenvalue weighted by Gasteiger charge is -2.10. The highest BCUT2D eigenvalue weighted by Crippen LogP contribution is 2.37. The van der Waals surface area contributed by atoms with E-state index in [2.05, 4.69) is 0 Å². The van der Waals surface area contributed by atoms with Crippen molar-refractivity contribution in [1.82, 2.24) is 0 Å². The van der Waals surface area contributed by atoms with E-state index in [1.807, 2.05) is 54.6 Å². The minimum absolute atomic E-state index is 0.215. The molecule has 1 atom stereocenters. The fourth-order valence-electron chi connectivity index (χ4n) is 2.48. The maximum Gasteiger partial charge on any atom is 0.339 e. The highest BCUT2D eigenvalue weighted by atomic mass is 16.5. The Hall–Kier alpha value is -2.59. The van der Waals surface area contributed by atoms with Gasteiger partial charge >= 0.3 is 5.97 Å². The Morgan fingerprint density at radius 2 is 1.82 bits per heavy atom. The van der Waals surface area contributed by atoms with Gasteiger partial charge in [-0.25, -0.2) is 4.79 Å². The summed E-state index contributed by atoms with van der Waals surface area (Å²) in [7, 11) is 0. The van der Waals surface area contributed by atoms with Crippen molar-refractivity contribution in [2.45, 2.75) is 13.0 Å². The summed E-state index contributed by atoms with van der Waals surface area (Å²) in [5.41, 5.74) is 1.87. The first-order valence-corrected chi connectivity index (χ1v) is 7.14. The average Bonchev–Trinajstić information content (AvgIpc) is 2.94. The molecule has 0 radical (unpaired) electrons. The second-order valence-electron chi connectivity index (χ2n) is 4.86. The van der Waals surface area contributed by atoms with Crippen LogP contribution >= 0.6 is 0 Å². The molecular formula is C18H16O4. The maximum absolute atomic E-state index is 12.0. The summed E-state index contributed by atoms with van der Waals surface area (Å²) in [5, 5.41) is 11.1. The lowest BCUT2D eigenvalue weighted by Crippen LogP contribution is -2.15. The van der Waals surface area contributed by atoms with Gasteiger partial charge in [-0.05, 0) is 13.0 Å². The molecule has 0 bridgehead atoms. The van der Waals surface area contributed by atoms with Crippen LogP contribution in [0.2, 0.25) is 0 Å². The minimum Gasteiger partial charge on any atom is -0.464 e. The third-order valence-electron chi connectivity index (χ3n) is 3.45.